The number of ether oxygens (including phenoxy) is 3. The van der Waals surface area contributed by atoms with Crippen LogP contribution in [0.5, 0.6) is 0 Å². The third-order valence-corrected chi connectivity index (χ3v) is 11.2. The highest BCUT2D eigenvalue weighted by molar-refractivity contribution is 5.66. The van der Waals surface area contributed by atoms with E-state index in [0.29, 0.717) is 29.6 Å². The Hall–Kier alpha value is -1.62. The maximum absolute atomic E-state index is 12.4. The van der Waals surface area contributed by atoms with Crippen LogP contribution in [-0.2, 0) is 23.8 Å². The van der Waals surface area contributed by atoms with E-state index >= 15 is 0 Å². The first-order valence-electron chi connectivity index (χ1n) is 14.3. The van der Waals surface area contributed by atoms with Crippen LogP contribution in [0.3, 0.4) is 0 Å². The first-order valence-corrected chi connectivity index (χ1v) is 14.3. The van der Waals surface area contributed by atoms with E-state index < -0.39 is 0 Å². The molecule has 5 aliphatic rings. The van der Waals surface area contributed by atoms with Crippen molar-refractivity contribution < 1.29 is 23.8 Å². The van der Waals surface area contributed by atoms with Gasteiger partial charge in [0.1, 0.15) is 12.2 Å². The van der Waals surface area contributed by atoms with Crippen LogP contribution in [0.4, 0.5) is 0 Å². The van der Waals surface area contributed by atoms with E-state index in [1.165, 1.54) is 30.9 Å². The van der Waals surface area contributed by atoms with Gasteiger partial charge < -0.3 is 14.2 Å². The van der Waals surface area contributed by atoms with Gasteiger partial charge in [0.25, 0.3) is 0 Å². The maximum atomic E-state index is 12.4. The summed E-state index contributed by atoms with van der Waals surface area (Å²) in [5.41, 5.74) is 2.71. The van der Waals surface area contributed by atoms with Crippen LogP contribution >= 0.6 is 0 Å². The molecule has 0 radical (unpaired) electrons. The number of fused-ring (bicyclic) bond motifs is 7. The van der Waals surface area contributed by atoms with Crippen molar-refractivity contribution in [3.8, 4) is 0 Å². The molecule has 0 bridgehead atoms. The van der Waals surface area contributed by atoms with Gasteiger partial charge in [-0.15, -0.1) is 6.58 Å². The van der Waals surface area contributed by atoms with E-state index in [2.05, 4.69) is 40.3 Å². The fraction of sp³-hybridized carbons (Fsp3) is 0.806. The average molecular weight is 499 g/mol. The van der Waals surface area contributed by atoms with Crippen molar-refractivity contribution in [2.45, 2.75) is 117 Å². The van der Waals surface area contributed by atoms with Crippen LogP contribution in [0, 0.1) is 40.4 Å². The summed E-state index contributed by atoms with van der Waals surface area (Å²) in [4.78, 5) is 24.0. The second-order valence-electron chi connectivity index (χ2n) is 13.3. The minimum absolute atomic E-state index is 0.0469. The van der Waals surface area contributed by atoms with Crippen molar-refractivity contribution >= 4 is 11.9 Å². The molecule has 5 rings (SSSR count). The lowest BCUT2D eigenvalue weighted by Gasteiger charge is -2.61. The van der Waals surface area contributed by atoms with E-state index in [9.17, 15) is 9.59 Å². The normalized spacial score (nSPS) is 47.1. The molecular formula is C31H46O5. The van der Waals surface area contributed by atoms with E-state index in [-0.39, 0.29) is 47.2 Å². The monoisotopic (exact) mass is 498 g/mol. The predicted octanol–water partition coefficient (Wildman–Crippen LogP) is 6.41. The van der Waals surface area contributed by atoms with Crippen molar-refractivity contribution in [1.82, 2.24) is 0 Å². The second-order valence-corrected chi connectivity index (χ2v) is 13.3. The molecule has 0 aromatic rings. The van der Waals surface area contributed by atoms with Gasteiger partial charge in [0.2, 0.25) is 0 Å². The molecule has 0 N–H and O–H groups in total. The zero-order valence-corrected chi connectivity index (χ0v) is 23.2. The van der Waals surface area contributed by atoms with Gasteiger partial charge in [-0.3, -0.25) is 9.59 Å². The fourth-order valence-electron chi connectivity index (χ4n) is 9.51. The summed E-state index contributed by atoms with van der Waals surface area (Å²) in [7, 11) is 0. The molecule has 0 aromatic heterocycles. The van der Waals surface area contributed by atoms with Crippen LogP contribution in [0.1, 0.15) is 92.9 Å². The lowest BCUT2D eigenvalue weighted by Crippen LogP contribution is -2.57. The minimum atomic E-state index is -0.177. The van der Waals surface area contributed by atoms with Crippen LogP contribution in [-0.4, -0.2) is 36.4 Å². The minimum Gasteiger partial charge on any atom is -0.463 e. The molecule has 0 aromatic carbocycles. The highest BCUT2D eigenvalue weighted by Gasteiger charge is 2.66. The third kappa shape index (κ3) is 4.08. The van der Waals surface area contributed by atoms with Gasteiger partial charge in [-0.25, -0.2) is 0 Å². The summed E-state index contributed by atoms with van der Waals surface area (Å²) in [5.74, 6) is 1.95. The molecule has 4 aliphatic carbocycles. The number of hydrogen-bond acceptors (Lipinski definition) is 5. The summed E-state index contributed by atoms with van der Waals surface area (Å²) in [6.07, 6.45) is 11.0. The zero-order valence-electron chi connectivity index (χ0n) is 23.2. The number of esters is 2. The first-order chi connectivity index (χ1) is 16.9. The Bertz CT molecular complexity index is 953. The van der Waals surface area contributed by atoms with Gasteiger partial charge in [0.05, 0.1) is 12.2 Å². The standard InChI is InChI=1S/C31H46O5/c1-17(2)8-11-26-18(3)29-27(36-26)15-25-23-10-9-21-14-22(34-19(4)32)12-13-30(21,6)24(23)16-28(31(25,29)7)35-20(5)33/h15,18,21-24,26-29H,1,8-14,16H2,2-7H3/t18-,21+,22+,23-,24+,26-,27+,28+,29+,30+,31-/m1/s1. The molecule has 4 fully saturated rings. The van der Waals surface area contributed by atoms with Gasteiger partial charge >= 0.3 is 11.9 Å². The molecule has 11 atom stereocenters. The highest BCUT2D eigenvalue weighted by atomic mass is 16.5. The topological polar surface area (TPSA) is 61.8 Å². The predicted molar refractivity (Wildman–Crippen MR) is 139 cm³/mol. The largest absolute Gasteiger partial charge is 0.463 e. The van der Waals surface area contributed by atoms with Crippen LogP contribution < -0.4 is 0 Å². The van der Waals surface area contributed by atoms with E-state index in [0.717, 1.165) is 38.5 Å². The number of allylic oxidation sites excluding steroid dienone is 1. The Morgan fingerprint density at radius 3 is 2.47 bits per heavy atom. The number of hydrogen-bond donors (Lipinski definition) is 0. The quantitative estimate of drug-likeness (QED) is 0.324. The van der Waals surface area contributed by atoms with Gasteiger partial charge in [-0.2, -0.15) is 0 Å². The molecular weight excluding hydrogens is 452 g/mol. The van der Waals surface area contributed by atoms with Crippen molar-refractivity contribution in [2.24, 2.45) is 40.4 Å². The summed E-state index contributed by atoms with van der Waals surface area (Å²) >= 11 is 0. The molecule has 0 amide bonds. The number of carbonyl (C=O) groups is 2. The van der Waals surface area contributed by atoms with Crippen LogP contribution in [0.2, 0.25) is 0 Å². The SMILES string of the molecule is C=C(C)CC[C@H]1O[C@H]2C=C3[C@@H]4CC[C@H]5C[C@@H](OC(C)=O)CC[C@]5(C)[C@H]4C[C@H](OC(C)=O)[C@]3(C)[C@H]2[C@@H]1C. The maximum Gasteiger partial charge on any atom is 0.302 e. The number of carbonyl (C=O) groups excluding carboxylic acids is 2. The zero-order chi connectivity index (χ0) is 26.0. The van der Waals surface area contributed by atoms with Crippen molar-refractivity contribution in [3.63, 3.8) is 0 Å². The summed E-state index contributed by atoms with van der Waals surface area (Å²) in [6.45, 7) is 16.5. The molecule has 200 valence electrons. The first kappa shape index (κ1) is 26.0. The average Bonchev–Trinajstić information content (AvgIpc) is 3.26. The Kier molecular flexibility index (Phi) is 6.71. The van der Waals surface area contributed by atoms with E-state index in [1.54, 1.807) is 6.92 Å². The highest BCUT2D eigenvalue weighted by Crippen LogP contribution is 2.68. The third-order valence-electron chi connectivity index (χ3n) is 11.2. The van der Waals surface area contributed by atoms with E-state index in [1.807, 2.05) is 0 Å². The second kappa shape index (κ2) is 9.29. The lowest BCUT2D eigenvalue weighted by molar-refractivity contribution is -0.171. The molecule has 0 spiro atoms. The van der Waals surface area contributed by atoms with Crippen molar-refractivity contribution in [3.05, 3.63) is 23.8 Å². The van der Waals surface area contributed by atoms with E-state index in [4.69, 9.17) is 14.2 Å². The van der Waals surface area contributed by atoms with Crippen LogP contribution in [0.15, 0.2) is 23.8 Å². The molecule has 3 saturated carbocycles. The molecule has 5 nitrogen and oxygen atoms in total. The van der Waals surface area contributed by atoms with Gasteiger partial charge in [0, 0.05) is 25.2 Å². The van der Waals surface area contributed by atoms with Gasteiger partial charge in [0.15, 0.2) is 0 Å². The lowest BCUT2D eigenvalue weighted by atomic mass is 9.45. The molecule has 1 heterocycles. The summed E-state index contributed by atoms with van der Waals surface area (Å²) in [6, 6.07) is 0. The van der Waals surface area contributed by atoms with Crippen molar-refractivity contribution in [2.75, 3.05) is 0 Å². The fourth-order valence-corrected chi connectivity index (χ4v) is 9.51. The van der Waals surface area contributed by atoms with Gasteiger partial charge in [-0.1, -0.05) is 38.0 Å². The van der Waals surface area contributed by atoms with Crippen molar-refractivity contribution in [1.29, 1.82) is 0 Å². The Balaban J connectivity index is 1.45. The molecule has 1 aliphatic heterocycles. The van der Waals surface area contributed by atoms with Gasteiger partial charge in [-0.05, 0) is 87.4 Å². The molecule has 5 heteroatoms. The molecule has 36 heavy (non-hydrogen) atoms. The Morgan fingerprint density at radius 1 is 1.08 bits per heavy atom. The summed E-state index contributed by atoms with van der Waals surface area (Å²) < 4.78 is 18.6. The molecule has 1 saturated heterocycles. The number of rotatable bonds is 5. The van der Waals surface area contributed by atoms with Crippen LogP contribution in [0.25, 0.3) is 0 Å². The Morgan fingerprint density at radius 2 is 1.81 bits per heavy atom. The smallest absolute Gasteiger partial charge is 0.302 e. The Labute approximate surface area is 217 Å². The molecule has 0 unspecified atom stereocenters. The summed E-state index contributed by atoms with van der Waals surface area (Å²) in [5, 5.41) is 0.